The van der Waals surface area contributed by atoms with Gasteiger partial charge in [0.15, 0.2) is 0 Å². The van der Waals surface area contributed by atoms with E-state index in [9.17, 15) is 0 Å². The average molecular weight is 316 g/mol. The van der Waals surface area contributed by atoms with Crippen LogP contribution in [0.4, 0.5) is 10.9 Å². The minimum Gasteiger partial charge on any atom is -0.356 e. The smallest absolute Gasteiger partial charge is 0.208 e. The molecule has 2 aromatic rings. The molecule has 22 heavy (non-hydrogen) atoms. The Bertz CT molecular complexity index is 629. The molecule has 116 valence electrons. The molecule has 0 spiro atoms. The Morgan fingerprint density at radius 2 is 1.82 bits per heavy atom. The van der Waals surface area contributed by atoms with Gasteiger partial charge in [0.25, 0.3) is 0 Å². The number of rotatable bonds is 3. The highest BCUT2D eigenvalue weighted by molar-refractivity contribution is 7.13. The molecule has 4 heterocycles. The first-order valence-corrected chi connectivity index (χ1v) is 8.66. The largest absolute Gasteiger partial charge is 0.356 e. The number of fused-ring (bicyclic) bond motifs is 1. The van der Waals surface area contributed by atoms with Crippen LogP contribution in [0.3, 0.4) is 0 Å². The normalized spacial score (nSPS) is 24.3. The molecule has 2 aliphatic rings. The fourth-order valence-electron chi connectivity index (χ4n) is 3.49. The van der Waals surface area contributed by atoms with Gasteiger partial charge in [0, 0.05) is 49.8 Å². The number of hydrogen-bond acceptors (Lipinski definition) is 7. The summed E-state index contributed by atoms with van der Waals surface area (Å²) in [6.45, 7) is 8.66. The molecule has 6 nitrogen and oxygen atoms in total. The Balaban J connectivity index is 1.46. The Morgan fingerprint density at radius 1 is 1.09 bits per heavy atom. The van der Waals surface area contributed by atoms with Gasteiger partial charge < -0.3 is 9.80 Å². The molecule has 2 fully saturated rings. The van der Waals surface area contributed by atoms with Gasteiger partial charge in [-0.15, -0.1) is 10.2 Å². The summed E-state index contributed by atoms with van der Waals surface area (Å²) in [7, 11) is 0. The van der Waals surface area contributed by atoms with Gasteiger partial charge in [0.1, 0.15) is 17.7 Å². The third-order valence-electron chi connectivity index (χ3n) is 4.69. The number of aromatic nitrogens is 4. The van der Waals surface area contributed by atoms with E-state index in [4.69, 9.17) is 0 Å². The highest BCUT2D eigenvalue weighted by atomic mass is 32.1. The van der Waals surface area contributed by atoms with Crippen molar-refractivity contribution in [1.29, 1.82) is 0 Å². The van der Waals surface area contributed by atoms with Crippen molar-refractivity contribution in [3.05, 3.63) is 23.6 Å². The molecule has 2 aliphatic heterocycles. The Labute approximate surface area is 134 Å². The summed E-state index contributed by atoms with van der Waals surface area (Å²) in [4.78, 5) is 13.6. The lowest BCUT2D eigenvalue weighted by molar-refractivity contribution is 0.533. The lowest BCUT2D eigenvalue weighted by atomic mass is 10.0. The van der Waals surface area contributed by atoms with E-state index in [1.807, 2.05) is 5.51 Å². The van der Waals surface area contributed by atoms with Gasteiger partial charge >= 0.3 is 0 Å². The van der Waals surface area contributed by atoms with E-state index in [1.165, 1.54) is 0 Å². The van der Waals surface area contributed by atoms with Crippen molar-refractivity contribution in [2.45, 2.75) is 19.8 Å². The quantitative estimate of drug-likeness (QED) is 0.863. The van der Waals surface area contributed by atoms with Crippen LogP contribution in [0.2, 0.25) is 0 Å². The second-order valence-electron chi connectivity index (χ2n) is 6.51. The highest BCUT2D eigenvalue weighted by Gasteiger charge is 2.41. The molecule has 0 aliphatic carbocycles. The predicted octanol–water partition coefficient (Wildman–Crippen LogP) is 2.02. The zero-order valence-electron chi connectivity index (χ0n) is 12.9. The molecular formula is C15H20N6S. The zero-order valence-corrected chi connectivity index (χ0v) is 13.7. The summed E-state index contributed by atoms with van der Waals surface area (Å²) < 4.78 is 0. The average Bonchev–Trinajstić information content (AvgIpc) is 3.22. The summed E-state index contributed by atoms with van der Waals surface area (Å²) in [5, 5.41) is 9.20. The summed E-state index contributed by atoms with van der Waals surface area (Å²) in [5.74, 6) is 2.91. The van der Waals surface area contributed by atoms with E-state index in [0.29, 0.717) is 17.8 Å². The van der Waals surface area contributed by atoms with E-state index in [-0.39, 0.29) is 0 Å². The molecule has 0 N–H and O–H groups in total. The van der Waals surface area contributed by atoms with Gasteiger partial charge in [0.2, 0.25) is 5.13 Å². The summed E-state index contributed by atoms with van der Waals surface area (Å²) in [6.07, 6.45) is 1.70. The molecule has 2 unspecified atom stereocenters. The molecule has 2 atom stereocenters. The van der Waals surface area contributed by atoms with E-state index in [2.05, 4.69) is 49.9 Å². The predicted molar refractivity (Wildman–Crippen MR) is 87.4 cm³/mol. The van der Waals surface area contributed by atoms with Crippen LogP contribution in [0.15, 0.2) is 17.9 Å². The summed E-state index contributed by atoms with van der Waals surface area (Å²) in [5.41, 5.74) is 2.93. The summed E-state index contributed by atoms with van der Waals surface area (Å²) >= 11 is 1.63. The number of hydrogen-bond donors (Lipinski definition) is 0. The molecule has 7 heteroatoms. The maximum absolute atomic E-state index is 4.48. The third kappa shape index (κ3) is 2.43. The maximum atomic E-state index is 4.48. The molecule has 2 aromatic heterocycles. The molecule has 0 amide bonds. The van der Waals surface area contributed by atoms with Crippen molar-refractivity contribution in [1.82, 2.24) is 20.2 Å². The van der Waals surface area contributed by atoms with Crippen LogP contribution in [0.1, 0.15) is 25.5 Å². The Hall–Kier alpha value is -1.76. The number of anilines is 2. The molecule has 4 rings (SSSR count). The zero-order chi connectivity index (χ0) is 15.1. The third-order valence-corrected chi connectivity index (χ3v) is 5.44. The standard InChI is InChI=1S/C15H20N6S/c1-10(2)13-3-14(17-8-16-13)20-4-11-6-21(7-12(11)5-20)15-19-18-9-22-15/h3,8-12H,4-7H2,1-2H3. The minimum absolute atomic E-state index is 0.441. The Kier molecular flexibility index (Phi) is 3.44. The van der Waals surface area contributed by atoms with Gasteiger partial charge in [0.05, 0.1) is 0 Å². The second-order valence-corrected chi connectivity index (χ2v) is 7.32. The Morgan fingerprint density at radius 3 is 2.45 bits per heavy atom. The van der Waals surface area contributed by atoms with Gasteiger partial charge in [-0.05, 0) is 5.92 Å². The second kappa shape index (κ2) is 5.46. The van der Waals surface area contributed by atoms with E-state index >= 15 is 0 Å². The van der Waals surface area contributed by atoms with E-state index in [0.717, 1.165) is 42.8 Å². The SMILES string of the molecule is CC(C)c1cc(N2CC3CN(c4nncs4)CC3C2)ncn1. The van der Waals surface area contributed by atoms with Crippen molar-refractivity contribution in [3.8, 4) is 0 Å². The van der Waals surface area contributed by atoms with Gasteiger partial charge in [-0.25, -0.2) is 9.97 Å². The van der Waals surface area contributed by atoms with Crippen LogP contribution in [0, 0.1) is 11.8 Å². The van der Waals surface area contributed by atoms with E-state index in [1.54, 1.807) is 17.7 Å². The first-order valence-electron chi connectivity index (χ1n) is 7.78. The van der Waals surface area contributed by atoms with Crippen molar-refractivity contribution in [2.24, 2.45) is 11.8 Å². The molecular weight excluding hydrogens is 296 g/mol. The fourth-order valence-corrected chi connectivity index (χ4v) is 4.07. The van der Waals surface area contributed by atoms with Gasteiger partial charge in [-0.2, -0.15) is 0 Å². The van der Waals surface area contributed by atoms with Crippen molar-refractivity contribution in [3.63, 3.8) is 0 Å². The maximum Gasteiger partial charge on any atom is 0.208 e. The first-order chi connectivity index (χ1) is 10.7. The fraction of sp³-hybridized carbons (Fsp3) is 0.600. The molecule has 0 aromatic carbocycles. The summed E-state index contributed by atoms with van der Waals surface area (Å²) in [6, 6.07) is 2.15. The van der Waals surface area contributed by atoms with E-state index < -0.39 is 0 Å². The topological polar surface area (TPSA) is 58.0 Å². The van der Waals surface area contributed by atoms with Crippen LogP contribution >= 0.6 is 11.3 Å². The molecule has 2 saturated heterocycles. The highest BCUT2D eigenvalue weighted by Crippen LogP contribution is 2.36. The van der Waals surface area contributed by atoms with Crippen LogP contribution < -0.4 is 9.80 Å². The van der Waals surface area contributed by atoms with Crippen LogP contribution in [0.5, 0.6) is 0 Å². The lowest BCUT2D eigenvalue weighted by Gasteiger charge is -2.22. The van der Waals surface area contributed by atoms with Crippen molar-refractivity contribution < 1.29 is 0 Å². The van der Waals surface area contributed by atoms with Crippen LogP contribution in [0.25, 0.3) is 0 Å². The van der Waals surface area contributed by atoms with Crippen molar-refractivity contribution in [2.75, 3.05) is 36.0 Å². The van der Waals surface area contributed by atoms with Crippen LogP contribution in [-0.4, -0.2) is 46.3 Å². The molecule has 0 bridgehead atoms. The van der Waals surface area contributed by atoms with Gasteiger partial charge in [-0.3, -0.25) is 0 Å². The molecule has 0 saturated carbocycles. The lowest BCUT2D eigenvalue weighted by Crippen LogP contribution is -2.29. The first kappa shape index (κ1) is 13.9. The monoisotopic (exact) mass is 316 g/mol. The minimum atomic E-state index is 0.441. The number of nitrogens with zero attached hydrogens (tertiary/aromatic N) is 6. The van der Waals surface area contributed by atoms with Crippen LogP contribution in [-0.2, 0) is 0 Å². The van der Waals surface area contributed by atoms with Crippen molar-refractivity contribution >= 4 is 22.3 Å². The molecule has 0 radical (unpaired) electrons. The van der Waals surface area contributed by atoms with Gasteiger partial charge in [-0.1, -0.05) is 25.2 Å².